The van der Waals surface area contributed by atoms with Crippen molar-refractivity contribution in [3.63, 3.8) is 0 Å². The molecule has 0 unspecified atom stereocenters. The Kier molecular flexibility index (Phi) is 6.37. The minimum Gasteiger partial charge on any atom is -0.506 e. The number of carbonyl (C=O) groups excluding carboxylic acids is 1. The van der Waals surface area contributed by atoms with Gasteiger partial charge in [0.25, 0.3) is 5.91 Å². The number of aromatic nitrogens is 1. The van der Waals surface area contributed by atoms with E-state index in [0.29, 0.717) is 19.9 Å². The van der Waals surface area contributed by atoms with Gasteiger partial charge in [-0.3, -0.25) is 4.79 Å². The van der Waals surface area contributed by atoms with Gasteiger partial charge >= 0.3 is 0 Å². The Morgan fingerprint density at radius 2 is 1.79 bits per heavy atom. The lowest BCUT2D eigenvalue weighted by atomic mass is 9.90. The highest BCUT2D eigenvalue weighted by atomic mass is 79.9. The van der Waals surface area contributed by atoms with Gasteiger partial charge in [0.05, 0.1) is 14.6 Å². The van der Waals surface area contributed by atoms with Crippen molar-refractivity contribution in [2.75, 3.05) is 13.1 Å². The number of nitrogens with zero attached hydrogens (tertiary/aromatic N) is 2. The summed E-state index contributed by atoms with van der Waals surface area (Å²) in [4.78, 5) is 19.4. The highest BCUT2D eigenvalue weighted by Crippen LogP contribution is 2.37. The number of aromatic hydroxyl groups is 1. The minimum atomic E-state index is 0.0105. The number of phenols is 1. The average Bonchev–Trinajstić information content (AvgIpc) is 3.23. The van der Waals surface area contributed by atoms with Crippen LogP contribution in [0.2, 0.25) is 0 Å². The highest BCUT2D eigenvalue weighted by molar-refractivity contribution is 9.11. The van der Waals surface area contributed by atoms with Crippen molar-refractivity contribution in [2.24, 2.45) is 5.92 Å². The number of halogens is 2. The van der Waals surface area contributed by atoms with Gasteiger partial charge in [-0.25, -0.2) is 4.98 Å². The van der Waals surface area contributed by atoms with Gasteiger partial charge in [0.2, 0.25) is 0 Å². The van der Waals surface area contributed by atoms with Crippen molar-refractivity contribution in [3.8, 4) is 17.0 Å². The zero-order valence-corrected chi connectivity index (χ0v) is 19.6. The Bertz CT molecular complexity index is 992. The lowest BCUT2D eigenvalue weighted by Gasteiger charge is -2.31. The molecule has 0 aliphatic carbocycles. The van der Waals surface area contributed by atoms with E-state index in [9.17, 15) is 9.90 Å². The molecule has 1 aliphatic rings. The van der Waals surface area contributed by atoms with Crippen LogP contribution < -0.4 is 0 Å². The average molecular weight is 536 g/mol. The molecule has 150 valence electrons. The van der Waals surface area contributed by atoms with Crippen LogP contribution in [0.25, 0.3) is 11.3 Å². The quantitative estimate of drug-likeness (QED) is 0.437. The lowest BCUT2D eigenvalue weighted by molar-refractivity contribution is 0.0690. The van der Waals surface area contributed by atoms with Crippen LogP contribution in [0.3, 0.4) is 0 Å². The van der Waals surface area contributed by atoms with E-state index in [0.717, 1.165) is 43.6 Å². The van der Waals surface area contributed by atoms with Gasteiger partial charge in [-0.1, -0.05) is 30.3 Å². The predicted octanol–water partition coefficient (Wildman–Crippen LogP) is 6.14. The summed E-state index contributed by atoms with van der Waals surface area (Å²) in [5, 5.41) is 12.3. The fraction of sp³-hybridized carbons (Fsp3) is 0.273. The van der Waals surface area contributed by atoms with Crippen LogP contribution in [0, 0.1) is 5.92 Å². The molecule has 7 heteroatoms. The molecule has 1 amide bonds. The molecule has 1 aliphatic heterocycles. The van der Waals surface area contributed by atoms with Gasteiger partial charge in [-0.15, -0.1) is 11.3 Å². The van der Waals surface area contributed by atoms with E-state index in [1.807, 2.05) is 16.3 Å². The molecule has 0 bridgehead atoms. The van der Waals surface area contributed by atoms with E-state index in [-0.39, 0.29) is 11.7 Å². The number of hydrogen-bond donors (Lipinski definition) is 1. The molecule has 0 atom stereocenters. The highest BCUT2D eigenvalue weighted by Gasteiger charge is 2.25. The van der Waals surface area contributed by atoms with Gasteiger partial charge in [-0.2, -0.15) is 0 Å². The molecule has 29 heavy (non-hydrogen) atoms. The molecule has 4 nitrogen and oxygen atoms in total. The van der Waals surface area contributed by atoms with Gasteiger partial charge in [0.15, 0.2) is 5.01 Å². The number of carbonyl (C=O) groups is 1. The van der Waals surface area contributed by atoms with Crippen molar-refractivity contribution < 1.29 is 9.90 Å². The van der Waals surface area contributed by atoms with Crippen molar-refractivity contribution in [2.45, 2.75) is 19.3 Å². The molecule has 0 radical (unpaired) electrons. The Morgan fingerprint density at radius 3 is 2.45 bits per heavy atom. The molecule has 1 aromatic heterocycles. The first kappa shape index (κ1) is 20.6. The summed E-state index contributed by atoms with van der Waals surface area (Å²) in [7, 11) is 0. The summed E-state index contributed by atoms with van der Waals surface area (Å²) >= 11 is 8.05. The molecule has 4 rings (SSSR count). The van der Waals surface area contributed by atoms with Crippen LogP contribution in [-0.4, -0.2) is 34.0 Å². The van der Waals surface area contributed by atoms with E-state index >= 15 is 0 Å². The summed E-state index contributed by atoms with van der Waals surface area (Å²) in [6.07, 6.45) is 3.13. The molecule has 1 N–H and O–H groups in total. The number of thiazole rings is 1. The van der Waals surface area contributed by atoms with Crippen LogP contribution in [0.15, 0.2) is 56.8 Å². The maximum atomic E-state index is 12.9. The first-order valence-corrected chi connectivity index (χ1v) is 11.9. The summed E-state index contributed by atoms with van der Waals surface area (Å²) < 4.78 is 1.17. The molecule has 2 aromatic carbocycles. The van der Waals surface area contributed by atoms with E-state index < -0.39 is 0 Å². The molecule has 3 aromatic rings. The maximum absolute atomic E-state index is 12.9. The van der Waals surface area contributed by atoms with Crippen LogP contribution in [0.4, 0.5) is 0 Å². The Morgan fingerprint density at radius 1 is 1.14 bits per heavy atom. The zero-order valence-electron chi connectivity index (χ0n) is 15.6. The number of rotatable bonds is 4. The summed E-state index contributed by atoms with van der Waals surface area (Å²) in [6.45, 7) is 1.56. The smallest absolute Gasteiger partial charge is 0.282 e. The van der Waals surface area contributed by atoms with E-state index in [1.165, 1.54) is 16.9 Å². The monoisotopic (exact) mass is 534 g/mol. The fourth-order valence-corrected chi connectivity index (χ4v) is 5.62. The number of hydrogen-bond acceptors (Lipinski definition) is 4. The fourth-order valence-electron chi connectivity index (χ4n) is 3.64. The molecule has 0 saturated carbocycles. The minimum absolute atomic E-state index is 0.0105. The molecule has 1 fully saturated rings. The first-order chi connectivity index (χ1) is 14.0. The van der Waals surface area contributed by atoms with Crippen molar-refractivity contribution in [3.05, 3.63) is 67.4 Å². The Labute approximate surface area is 190 Å². The van der Waals surface area contributed by atoms with Gasteiger partial charge in [0, 0.05) is 24.0 Å². The van der Waals surface area contributed by atoms with Crippen LogP contribution in [0.1, 0.15) is 28.2 Å². The van der Waals surface area contributed by atoms with Crippen molar-refractivity contribution in [1.82, 2.24) is 9.88 Å². The third-order valence-corrected chi connectivity index (χ3v) is 7.31. The number of likely N-dealkylation sites (tertiary alicyclic amines) is 1. The SMILES string of the molecule is O=C(c1nc(-c2cc(Br)c(O)c(Br)c2)cs1)N1CCC(Cc2ccccc2)CC1. The second-order valence-electron chi connectivity index (χ2n) is 7.25. The standard InChI is InChI=1S/C22H20Br2N2O2S/c23-17-11-16(12-18(24)20(17)27)19-13-29-21(25-19)22(28)26-8-6-15(7-9-26)10-14-4-2-1-3-5-14/h1-5,11-13,15,27H,6-10H2. The Hall–Kier alpha value is -1.70. The lowest BCUT2D eigenvalue weighted by Crippen LogP contribution is -2.38. The molecule has 1 saturated heterocycles. The van der Waals surface area contributed by atoms with Crippen LogP contribution in [-0.2, 0) is 6.42 Å². The molecule has 0 spiro atoms. The summed E-state index contributed by atoms with van der Waals surface area (Å²) in [6, 6.07) is 14.2. The first-order valence-electron chi connectivity index (χ1n) is 9.48. The summed E-state index contributed by atoms with van der Waals surface area (Å²) in [5.41, 5.74) is 2.95. The predicted molar refractivity (Wildman–Crippen MR) is 123 cm³/mol. The van der Waals surface area contributed by atoms with Crippen LogP contribution >= 0.6 is 43.2 Å². The number of piperidine rings is 1. The number of amides is 1. The largest absolute Gasteiger partial charge is 0.506 e. The van der Waals surface area contributed by atoms with Crippen molar-refractivity contribution >= 4 is 49.1 Å². The van der Waals surface area contributed by atoms with E-state index in [2.05, 4.69) is 61.1 Å². The maximum Gasteiger partial charge on any atom is 0.282 e. The van der Waals surface area contributed by atoms with Gasteiger partial charge in [-0.05, 0) is 74.7 Å². The normalized spacial score (nSPS) is 14.9. The van der Waals surface area contributed by atoms with E-state index in [1.54, 1.807) is 12.1 Å². The Balaban J connectivity index is 1.40. The number of benzene rings is 2. The summed E-state index contributed by atoms with van der Waals surface area (Å²) in [5.74, 6) is 0.787. The third-order valence-electron chi connectivity index (χ3n) is 5.27. The topological polar surface area (TPSA) is 53.4 Å². The number of phenolic OH excluding ortho intramolecular Hbond substituents is 1. The molecular weight excluding hydrogens is 516 g/mol. The van der Waals surface area contributed by atoms with E-state index in [4.69, 9.17) is 0 Å². The van der Waals surface area contributed by atoms with Gasteiger partial charge in [0.1, 0.15) is 5.75 Å². The zero-order chi connectivity index (χ0) is 20.4. The third kappa shape index (κ3) is 4.73. The second-order valence-corrected chi connectivity index (χ2v) is 9.82. The van der Waals surface area contributed by atoms with Crippen molar-refractivity contribution in [1.29, 1.82) is 0 Å². The molecule has 2 heterocycles. The van der Waals surface area contributed by atoms with Gasteiger partial charge < -0.3 is 10.0 Å². The molecular formula is C22H20Br2N2O2S. The second kappa shape index (κ2) is 8.98. The van der Waals surface area contributed by atoms with Crippen LogP contribution in [0.5, 0.6) is 5.75 Å².